The van der Waals surface area contributed by atoms with Crippen LogP contribution in [0.4, 0.5) is 0 Å². The molecule has 2 N–H and O–H groups in total. The maximum absolute atomic E-state index is 9.94. The van der Waals surface area contributed by atoms with Crippen LogP contribution in [0.25, 0.3) is 21.9 Å². The van der Waals surface area contributed by atoms with Gasteiger partial charge < -0.3 is 14.9 Å². The lowest BCUT2D eigenvalue weighted by molar-refractivity contribution is -0.109. The molecule has 6 nitrogen and oxygen atoms in total. The van der Waals surface area contributed by atoms with Crippen molar-refractivity contribution in [3.8, 4) is 17.2 Å². The topological polar surface area (TPSA) is 86.5 Å². The lowest BCUT2D eigenvalue weighted by Crippen LogP contribution is -2.09. The molecule has 0 saturated carbocycles. The zero-order chi connectivity index (χ0) is 23.8. The number of carbonyl (C=O) groups is 1. The van der Waals surface area contributed by atoms with Crippen molar-refractivity contribution in [2.75, 3.05) is 0 Å². The Hall–Kier alpha value is -4.63. The second-order valence-corrected chi connectivity index (χ2v) is 7.94. The molecule has 5 rings (SSSR count). The number of nitrogens with one attached hydrogen (secondary N) is 2. The lowest BCUT2D eigenvalue weighted by atomic mass is 9.98. The number of imidazole rings is 1. The molecular formula is C28H25N5O. The lowest BCUT2D eigenvalue weighted by Gasteiger charge is -2.06. The van der Waals surface area contributed by atoms with Crippen molar-refractivity contribution in [3.63, 3.8) is 0 Å². The zero-order valence-electron chi connectivity index (χ0n) is 18.9. The van der Waals surface area contributed by atoms with Gasteiger partial charge in [0.1, 0.15) is 0 Å². The first-order valence-corrected chi connectivity index (χ1v) is 11.0. The fourth-order valence-corrected chi connectivity index (χ4v) is 3.88. The normalized spacial score (nSPS) is 10.2. The largest absolute Gasteiger partial charge is 0.355 e. The molecular weight excluding hydrogens is 422 g/mol. The predicted octanol–water partition coefficient (Wildman–Crippen LogP) is 5.19. The van der Waals surface area contributed by atoms with Crippen molar-refractivity contribution >= 4 is 17.2 Å². The molecule has 2 heterocycles. The second kappa shape index (κ2) is 10.8. The van der Waals surface area contributed by atoms with Crippen LogP contribution >= 0.6 is 0 Å². The summed E-state index contributed by atoms with van der Waals surface area (Å²) in [7, 11) is 0. The highest BCUT2D eigenvalue weighted by atomic mass is 16.1. The number of hydrogen-bond acceptors (Lipinski definition) is 3. The monoisotopic (exact) mass is 447 g/mol. The number of aromatic amines is 1. The van der Waals surface area contributed by atoms with Crippen molar-refractivity contribution in [1.29, 1.82) is 5.26 Å². The van der Waals surface area contributed by atoms with Gasteiger partial charge in [0, 0.05) is 30.7 Å². The summed E-state index contributed by atoms with van der Waals surface area (Å²) in [5, 5.41) is 13.6. The van der Waals surface area contributed by atoms with Crippen LogP contribution in [0.15, 0.2) is 91.6 Å². The molecule has 0 bridgehead atoms. The summed E-state index contributed by atoms with van der Waals surface area (Å²) in [5.41, 5.74) is 6.59. The average Bonchev–Trinajstić information content (AvgIpc) is 3.52. The van der Waals surface area contributed by atoms with Gasteiger partial charge in [-0.2, -0.15) is 5.26 Å². The molecule has 0 aliphatic carbocycles. The number of aromatic nitrogens is 3. The van der Waals surface area contributed by atoms with E-state index in [1.807, 2.05) is 24.4 Å². The average molecular weight is 448 g/mol. The van der Waals surface area contributed by atoms with Crippen LogP contribution < -0.4 is 5.32 Å². The van der Waals surface area contributed by atoms with Gasteiger partial charge in [0.25, 0.3) is 0 Å². The first-order chi connectivity index (χ1) is 16.7. The number of carbonyl (C=O) groups excluding carboxylic acids is 1. The van der Waals surface area contributed by atoms with E-state index in [2.05, 4.69) is 81.6 Å². The summed E-state index contributed by atoms with van der Waals surface area (Å²) in [4.78, 5) is 17.2. The highest BCUT2D eigenvalue weighted by Gasteiger charge is 2.09. The number of fused-ring (bicyclic) bond motifs is 1. The highest BCUT2D eigenvalue weighted by Crippen LogP contribution is 2.31. The van der Waals surface area contributed by atoms with Crippen LogP contribution in [0.2, 0.25) is 0 Å². The van der Waals surface area contributed by atoms with Crippen molar-refractivity contribution in [2.24, 2.45) is 0 Å². The molecule has 3 aromatic carbocycles. The summed E-state index contributed by atoms with van der Waals surface area (Å²) in [6.45, 7) is 3.49. The van der Waals surface area contributed by atoms with Crippen molar-refractivity contribution in [3.05, 3.63) is 114 Å². The minimum atomic E-state index is 0.509. The van der Waals surface area contributed by atoms with Crippen LogP contribution in [0.1, 0.15) is 22.4 Å². The van der Waals surface area contributed by atoms with Crippen molar-refractivity contribution in [1.82, 2.24) is 19.9 Å². The zero-order valence-corrected chi connectivity index (χ0v) is 18.9. The maximum Gasteiger partial charge on any atom is 0.207 e. The maximum atomic E-state index is 9.94. The van der Waals surface area contributed by atoms with Gasteiger partial charge in [0.05, 0.1) is 30.2 Å². The van der Waals surface area contributed by atoms with Crippen molar-refractivity contribution in [2.45, 2.75) is 20.0 Å². The van der Waals surface area contributed by atoms with E-state index in [-0.39, 0.29) is 0 Å². The predicted molar refractivity (Wildman–Crippen MR) is 134 cm³/mol. The summed E-state index contributed by atoms with van der Waals surface area (Å²) in [6.07, 6.45) is 8.65. The Balaban J connectivity index is 0.000000195. The Morgan fingerprint density at radius 2 is 1.82 bits per heavy atom. The SMILES string of the molecule is Cc1cn(Cc2cnc[nH]2)cc1-c1cccc2ccccc12.N#Cc1ccc(CNC=O)cc1. The molecule has 0 radical (unpaired) electrons. The molecule has 0 atom stereocenters. The molecule has 0 spiro atoms. The van der Waals surface area contributed by atoms with Gasteiger partial charge in [0.15, 0.2) is 0 Å². The van der Waals surface area contributed by atoms with E-state index >= 15 is 0 Å². The molecule has 5 aromatic rings. The molecule has 168 valence electrons. The summed E-state index contributed by atoms with van der Waals surface area (Å²) >= 11 is 0. The van der Waals surface area contributed by atoms with Crippen LogP contribution in [0.5, 0.6) is 0 Å². The van der Waals surface area contributed by atoms with E-state index in [4.69, 9.17) is 5.26 Å². The minimum absolute atomic E-state index is 0.509. The molecule has 1 amide bonds. The smallest absolute Gasteiger partial charge is 0.207 e. The van der Waals surface area contributed by atoms with Crippen LogP contribution in [0, 0.1) is 18.3 Å². The molecule has 0 aliphatic heterocycles. The first kappa shape index (κ1) is 22.6. The van der Waals surface area contributed by atoms with Gasteiger partial charge in [0.2, 0.25) is 6.41 Å². The Bertz CT molecular complexity index is 1400. The van der Waals surface area contributed by atoms with Gasteiger partial charge >= 0.3 is 0 Å². The number of H-pyrrole nitrogens is 1. The molecule has 2 aromatic heterocycles. The Kier molecular flexibility index (Phi) is 7.16. The third kappa shape index (κ3) is 5.40. The van der Waals surface area contributed by atoms with E-state index in [0.717, 1.165) is 17.8 Å². The van der Waals surface area contributed by atoms with Crippen LogP contribution in [0.3, 0.4) is 0 Å². The van der Waals surface area contributed by atoms with E-state index in [1.165, 1.54) is 27.5 Å². The molecule has 6 heteroatoms. The number of rotatable bonds is 6. The first-order valence-electron chi connectivity index (χ1n) is 11.0. The number of nitriles is 1. The molecule has 0 aliphatic rings. The van der Waals surface area contributed by atoms with Gasteiger partial charge in [-0.05, 0) is 46.5 Å². The standard InChI is InChI=1S/C19H17N3.C9H8N2O/c1-14-10-22(11-16-9-20-13-21-16)12-19(14)18-8-4-6-15-5-2-3-7-17(15)18;10-5-8-1-3-9(4-2-8)6-11-7-12/h2-10,12-13H,11H2,1H3,(H,20,21);1-4,7H,6H2,(H,11,12). The minimum Gasteiger partial charge on any atom is -0.355 e. The fourth-order valence-electron chi connectivity index (χ4n) is 3.88. The Morgan fingerprint density at radius 3 is 2.56 bits per heavy atom. The number of hydrogen-bond donors (Lipinski definition) is 2. The summed E-state index contributed by atoms with van der Waals surface area (Å²) < 4.78 is 2.21. The third-order valence-electron chi connectivity index (χ3n) is 5.54. The highest BCUT2D eigenvalue weighted by molar-refractivity contribution is 5.97. The number of nitrogens with zero attached hydrogens (tertiary/aromatic N) is 3. The molecule has 34 heavy (non-hydrogen) atoms. The number of benzene rings is 3. The molecule has 0 unspecified atom stereocenters. The second-order valence-electron chi connectivity index (χ2n) is 7.94. The van der Waals surface area contributed by atoms with Gasteiger partial charge in [-0.15, -0.1) is 0 Å². The molecule has 0 fully saturated rings. The third-order valence-corrected chi connectivity index (χ3v) is 5.54. The van der Waals surface area contributed by atoms with Crippen LogP contribution in [-0.4, -0.2) is 20.9 Å². The quantitative estimate of drug-likeness (QED) is 0.351. The van der Waals surface area contributed by atoms with E-state index < -0.39 is 0 Å². The summed E-state index contributed by atoms with van der Waals surface area (Å²) in [5.74, 6) is 0. The van der Waals surface area contributed by atoms with Gasteiger partial charge in [-0.3, -0.25) is 4.79 Å². The Morgan fingerprint density at radius 1 is 1.03 bits per heavy atom. The van der Waals surface area contributed by atoms with Gasteiger partial charge in [-0.1, -0.05) is 54.6 Å². The van der Waals surface area contributed by atoms with Gasteiger partial charge in [-0.25, -0.2) is 4.98 Å². The Labute approximate surface area is 198 Å². The van der Waals surface area contributed by atoms with E-state index in [0.29, 0.717) is 18.5 Å². The van der Waals surface area contributed by atoms with E-state index in [1.54, 1.807) is 18.5 Å². The van der Waals surface area contributed by atoms with E-state index in [9.17, 15) is 4.79 Å². The summed E-state index contributed by atoms with van der Waals surface area (Å²) in [6, 6.07) is 24.1. The number of amides is 1. The fraction of sp³-hybridized carbons (Fsp3) is 0.107. The van der Waals surface area contributed by atoms with Crippen LogP contribution in [-0.2, 0) is 17.9 Å². The molecule has 0 saturated heterocycles. The van der Waals surface area contributed by atoms with Crippen molar-refractivity contribution < 1.29 is 4.79 Å². The number of aryl methyl sites for hydroxylation is 1.